The number of aryl methyl sites for hydroxylation is 1. The van der Waals surface area contributed by atoms with Crippen LogP contribution in [0.3, 0.4) is 0 Å². The van der Waals surface area contributed by atoms with E-state index in [9.17, 15) is 4.21 Å². The molecule has 2 fully saturated rings. The predicted molar refractivity (Wildman–Crippen MR) is 133 cm³/mol. The van der Waals surface area contributed by atoms with Gasteiger partial charge in [0, 0.05) is 47.5 Å². The average molecular weight is 447 g/mol. The first-order valence-electron chi connectivity index (χ1n) is 12.3. The molecular weight excluding hydrogens is 404 g/mol. The highest BCUT2D eigenvalue weighted by Gasteiger charge is 2.26. The van der Waals surface area contributed by atoms with E-state index in [0.29, 0.717) is 17.2 Å². The summed E-state index contributed by atoms with van der Waals surface area (Å²) in [6.07, 6.45) is 6.85. The molecule has 0 aromatic heterocycles. The second kappa shape index (κ2) is 12.6. The van der Waals surface area contributed by atoms with E-state index in [4.69, 9.17) is 4.99 Å². The Hall–Kier alpha value is -1.40. The molecule has 1 aromatic carbocycles. The first-order valence-corrected chi connectivity index (χ1v) is 13.7. The van der Waals surface area contributed by atoms with E-state index < -0.39 is 10.8 Å². The molecule has 1 aliphatic carbocycles. The Morgan fingerprint density at radius 1 is 1.13 bits per heavy atom. The van der Waals surface area contributed by atoms with Crippen LogP contribution in [0.2, 0.25) is 0 Å². The molecule has 3 unspecified atom stereocenters. The maximum absolute atomic E-state index is 12.2. The first kappa shape index (κ1) is 24.2. The number of guanidine groups is 1. The molecule has 1 aromatic rings. The van der Waals surface area contributed by atoms with Gasteiger partial charge in [-0.3, -0.25) is 14.1 Å². The number of hydrogen-bond donors (Lipinski definition) is 2. The lowest BCUT2D eigenvalue weighted by molar-refractivity contribution is 0.180. The van der Waals surface area contributed by atoms with Gasteiger partial charge in [0.05, 0.1) is 0 Å². The zero-order chi connectivity index (χ0) is 22.1. The monoisotopic (exact) mass is 446 g/mol. The van der Waals surface area contributed by atoms with Crippen LogP contribution in [0.25, 0.3) is 0 Å². The van der Waals surface area contributed by atoms with Crippen LogP contribution in [-0.4, -0.2) is 58.3 Å². The fraction of sp³-hybridized carbons (Fsp3) is 0.720. The lowest BCUT2D eigenvalue weighted by Crippen LogP contribution is -2.47. The number of nitrogens with zero attached hydrogens (tertiary/aromatic N) is 2. The van der Waals surface area contributed by atoms with Crippen molar-refractivity contribution in [2.75, 3.05) is 31.9 Å². The first-order chi connectivity index (χ1) is 15.1. The second-order valence-corrected chi connectivity index (χ2v) is 11.2. The highest BCUT2D eigenvalue weighted by atomic mass is 32.2. The smallest absolute Gasteiger partial charge is 0.191 e. The van der Waals surface area contributed by atoms with Crippen molar-refractivity contribution < 1.29 is 4.21 Å². The average Bonchev–Trinajstić information content (AvgIpc) is 2.80. The quantitative estimate of drug-likeness (QED) is 0.471. The molecule has 2 N–H and O–H groups in total. The van der Waals surface area contributed by atoms with Crippen molar-refractivity contribution in [3.05, 3.63) is 35.4 Å². The van der Waals surface area contributed by atoms with Crippen molar-refractivity contribution in [1.82, 2.24) is 15.5 Å². The Kier molecular flexibility index (Phi) is 9.85. The van der Waals surface area contributed by atoms with E-state index >= 15 is 0 Å². The highest BCUT2D eigenvalue weighted by molar-refractivity contribution is 7.85. The molecule has 5 nitrogen and oxygen atoms in total. The third-order valence-corrected chi connectivity index (χ3v) is 8.45. The molecule has 6 heteroatoms. The van der Waals surface area contributed by atoms with Gasteiger partial charge in [-0.05, 0) is 70.5 Å². The molecule has 0 radical (unpaired) electrons. The van der Waals surface area contributed by atoms with Crippen LogP contribution in [0.4, 0.5) is 0 Å². The van der Waals surface area contributed by atoms with Gasteiger partial charge in [0.2, 0.25) is 0 Å². The molecule has 0 bridgehead atoms. The molecule has 174 valence electrons. The van der Waals surface area contributed by atoms with Gasteiger partial charge in [-0.15, -0.1) is 0 Å². The fourth-order valence-electron chi connectivity index (χ4n) is 4.76. The summed E-state index contributed by atoms with van der Waals surface area (Å²) in [4.78, 5) is 7.51. The summed E-state index contributed by atoms with van der Waals surface area (Å²) in [5.74, 6) is 2.38. The second-order valence-electron chi connectivity index (χ2n) is 9.22. The van der Waals surface area contributed by atoms with Crippen LogP contribution in [0.5, 0.6) is 0 Å². The van der Waals surface area contributed by atoms with Crippen LogP contribution in [0.1, 0.15) is 63.5 Å². The summed E-state index contributed by atoms with van der Waals surface area (Å²) >= 11 is 0. The number of rotatable bonds is 8. The number of benzene rings is 1. The van der Waals surface area contributed by atoms with Crippen molar-refractivity contribution >= 4 is 16.8 Å². The molecule has 1 saturated heterocycles. The Labute approximate surface area is 191 Å². The van der Waals surface area contributed by atoms with Gasteiger partial charge in [0.1, 0.15) is 0 Å². The van der Waals surface area contributed by atoms with E-state index in [2.05, 4.69) is 53.6 Å². The van der Waals surface area contributed by atoms with E-state index in [1.807, 2.05) is 6.92 Å². The number of aliphatic imine (C=N–C) groups is 1. The zero-order valence-corrected chi connectivity index (χ0v) is 20.6. The summed E-state index contributed by atoms with van der Waals surface area (Å²) < 4.78 is 12.2. The maximum atomic E-state index is 12.2. The Balaban J connectivity index is 1.45. The Morgan fingerprint density at radius 2 is 1.87 bits per heavy atom. The topological polar surface area (TPSA) is 56.7 Å². The minimum Gasteiger partial charge on any atom is -0.357 e. The van der Waals surface area contributed by atoms with Crippen LogP contribution < -0.4 is 10.6 Å². The third kappa shape index (κ3) is 7.90. The van der Waals surface area contributed by atoms with Crippen molar-refractivity contribution in [3.63, 3.8) is 0 Å². The van der Waals surface area contributed by atoms with Crippen molar-refractivity contribution in [2.24, 2.45) is 10.9 Å². The highest BCUT2D eigenvalue weighted by Crippen LogP contribution is 2.23. The molecular formula is C25H42N4OS. The van der Waals surface area contributed by atoms with Crippen LogP contribution >= 0.6 is 0 Å². The summed E-state index contributed by atoms with van der Waals surface area (Å²) in [7, 11) is -0.685. The summed E-state index contributed by atoms with van der Waals surface area (Å²) in [6, 6.07) is 9.32. The van der Waals surface area contributed by atoms with Gasteiger partial charge in [-0.1, -0.05) is 43.2 Å². The number of hydrogen-bond acceptors (Lipinski definition) is 3. The van der Waals surface area contributed by atoms with Crippen molar-refractivity contribution in [3.8, 4) is 0 Å². The van der Waals surface area contributed by atoms with Gasteiger partial charge >= 0.3 is 0 Å². The molecule has 0 amide bonds. The van der Waals surface area contributed by atoms with Gasteiger partial charge in [0.25, 0.3) is 0 Å². The zero-order valence-electron chi connectivity index (χ0n) is 19.7. The van der Waals surface area contributed by atoms with E-state index in [1.54, 1.807) is 0 Å². The summed E-state index contributed by atoms with van der Waals surface area (Å²) in [5.41, 5.74) is 2.74. The molecule has 3 atom stereocenters. The SMILES string of the molecule is CCNC(=NCC1CCN(Cc2ccc(C)cc2)CC1)NC1CCCC(S(=O)CC)C1. The van der Waals surface area contributed by atoms with Crippen LogP contribution in [0, 0.1) is 12.8 Å². The molecule has 1 saturated carbocycles. The minimum atomic E-state index is -0.685. The fourth-order valence-corrected chi connectivity index (χ4v) is 6.11. The largest absolute Gasteiger partial charge is 0.357 e. The maximum Gasteiger partial charge on any atom is 0.191 e. The van der Waals surface area contributed by atoms with Crippen LogP contribution in [0.15, 0.2) is 29.3 Å². The lowest BCUT2D eigenvalue weighted by Gasteiger charge is -2.32. The van der Waals surface area contributed by atoms with E-state index in [0.717, 1.165) is 70.1 Å². The molecule has 31 heavy (non-hydrogen) atoms. The normalized spacial score (nSPS) is 24.7. The van der Waals surface area contributed by atoms with Crippen molar-refractivity contribution in [2.45, 2.75) is 77.1 Å². The summed E-state index contributed by atoms with van der Waals surface area (Å²) in [6.45, 7) is 11.4. The number of piperidine rings is 1. The van der Waals surface area contributed by atoms with Gasteiger partial charge in [0.15, 0.2) is 5.96 Å². The van der Waals surface area contributed by atoms with E-state index in [-0.39, 0.29) is 0 Å². The Bertz CT molecular complexity index is 713. The Morgan fingerprint density at radius 3 is 2.55 bits per heavy atom. The molecule has 3 rings (SSSR count). The third-order valence-electron chi connectivity index (χ3n) is 6.71. The van der Waals surface area contributed by atoms with Gasteiger partial charge in [-0.25, -0.2) is 0 Å². The molecule has 1 heterocycles. The summed E-state index contributed by atoms with van der Waals surface area (Å²) in [5, 5.41) is 7.42. The van der Waals surface area contributed by atoms with Crippen molar-refractivity contribution in [1.29, 1.82) is 0 Å². The molecule has 0 spiro atoms. The lowest BCUT2D eigenvalue weighted by atomic mass is 9.95. The number of likely N-dealkylation sites (tertiary alicyclic amines) is 1. The van der Waals surface area contributed by atoms with Gasteiger partial charge in [-0.2, -0.15) is 0 Å². The molecule has 1 aliphatic heterocycles. The van der Waals surface area contributed by atoms with Gasteiger partial charge < -0.3 is 10.6 Å². The molecule has 2 aliphatic rings. The predicted octanol–water partition coefficient (Wildman–Crippen LogP) is 3.84. The number of nitrogens with one attached hydrogen (secondary N) is 2. The van der Waals surface area contributed by atoms with E-state index in [1.165, 1.54) is 24.0 Å². The minimum absolute atomic E-state index is 0.344. The van der Waals surface area contributed by atoms with Crippen LogP contribution in [-0.2, 0) is 17.3 Å². The standard InChI is InChI=1S/C25H42N4OS/c1-4-26-25(28-23-7-6-8-24(17-23)31(30)5-2)27-18-21-13-15-29(16-14-21)19-22-11-9-20(3)10-12-22/h9-12,21,23-24H,4-8,13-19H2,1-3H3,(H2,26,27,28).